The summed E-state index contributed by atoms with van der Waals surface area (Å²) in [7, 11) is 0. The van der Waals surface area contributed by atoms with E-state index < -0.39 is 0 Å². The Labute approximate surface area is 168 Å². The standard InChI is InChI=1S/C24H19N3S/c25-19-7-1-15(2-8-19)17-5-11-23-21(13-17)27-22-14-18(6-12-24(22)28-23)16-3-9-20(26)10-4-16/h1-14,27H,25-26H2. The second-order valence-corrected chi connectivity index (χ2v) is 7.98. The van der Waals surface area contributed by atoms with Crippen LogP contribution in [0, 0.1) is 0 Å². The maximum atomic E-state index is 5.82. The lowest BCUT2D eigenvalue weighted by Gasteiger charge is -2.22. The van der Waals surface area contributed by atoms with Crippen LogP contribution in [-0.2, 0) is 0 Å². The molecule has 0 radical (unpaired) electrons. The molecule has 5 N–H and O–H groups in total. The third-order valence-electron chi connectivity index (χ3n) is 4.94. The second kappa shape index (κ2) is 6.66. The highest BCUT2D eigenvalue weighted by atomic mass is 32.2. The number of anilines is 4. The van der Waals surface area contributed by atoms with Crippen molar-refractivity contribution in [2.75, 3.05) is 16.8 Å². The molecule has 0 aliphatic carbocycles. The lowest BCUT2D eigenvalue weighted by Crippen LogP contribution is -2.00. The number of nitrogens with two attached hydrogens (primary N) is 2. The Morgan fingerprint density at radius 1 is 0.500 bits per heavy atom. The number of rotatable bonds is 2. The molecule has 0 fully saturated rings. The summed E-state index contributed by atoms with van der Waals surface area (Å²) in [4.78, 5) is 2.46. The molecule has 5 rings (SSSR count). The predicted molar refractivity (Wildman–Crippen MR) is 120 cm³/mol. The summed E-state index contributed by atoms with van der Waals surface area (Å²) in [5.74, 6) is 0. The van der Waals surface area contributed by atoms with Gasteiger partial charge in [-0.05, 0) is 70.8 Å². The van der Waals surface area contributed by atoms with E-state index in [9.17, 15) is 0 Å². The summed E-state index contributed by atoms with van der Waals surface area (Å²) < 4.78 is 0. The van der Waals surface area contributed by atoms with Crippen molar-refractivity contribution in [3.63, 3.8) is 0 Å². The molecule has 0 amide bonds. The normalized spacial score (nSPS) is 12.0. The van der Waals surface area contributed by atoms with Crippen molar-refractivity contribution in [3.8, 4) is 22.3 Å². The zero-order valence-electron chi connectivity index (χ0n) is 15.1. The fourth-order valence-electron chi connectivity index (χ4n) is 3.41. The van der Waals surface area contributed by atoms with Crippen molar-refractivity contribution in [3.05, 3.63) is 84.9 Å². The molecule has 4 heteroatoms. The molecule has 3 nitrogen and oxygen atoms in total. The van der Waals surface area contributed by atoms with Gasteiger partial charge in [0, 0.05) is 21.2 Å². The molecule has 1 aliphatic heterocycles. The molecule has 0 saturated carbocycles. The van der Waals surface area contributed by atoms with Crippen molar-refractivity contribution in [1.82, 2.24) is 0 Å². The molecule has 0 unspecified atom stereocenters. The minimum Gasteiger partial charge on any atom is -0.399 e. The molecule has 0 spiro atoms. The minimum atomic E-state index is 0.777. The van der Waals surface area contributed by atoms with Crippen LogP contribution in [0.1, 0.15) is 0 Å². The Bertz CT molecular complexity index is 1070. The summed E-state index contributed by atoms with van der Waals surface area (Å²) in [5.41, 5.74) is 20.1. The van der Waals surface area contributed by atoms with Gasteiger partial charge < -0.3 is 16.8 Å². The first-order valence-corrected chi connectivity index (χ1v) is 9.92. The van der Waals surface area contributed by atoms with E-state index in [1.54, 1.807) is 11.8 Å². The van der Waals surface area contributed by atoms with Crippen molar-refractivity contribution in [2.24, 2.45) is 0 Å². The van der Waals surface area contributed by atoms with Gasteiger partial charge in [-0.1, -0.05) is 48.2 Å². The largest absolute Gasteiger partial charge is 0.399 e. The molecule has 0 aromatic heterocycles. The zero-order valence-corrected chi connectivity index (χ0v) is 16.0. The van der Waals surface area contributed by atoms with Crippen molar-refractivity contribution in [2.45, 2.75) is 9.79 Å². The van der Waals surface area contributed by atoms with Gasteiger partial charge in [0.15, 0.2) is 0 Å². The summed E-state index contributed by atoms with van der Waals surface area (Å²) in [5, 5.41) is 3.61. The fraction of sp³-hybridized carbons (Fsp3) is 0. The average Bonchev–Trinajstić information content (AvgIpc) is 2.72. The van der Waals surface area contributed by atoms with Gasteiger partial charge in [-0.2, -0.15) is 0 Å². The molecule has 0 atom stereocenters. The highest BCUT2D eigenvalue weighted by Crippen LogP contribution is 2.46. The van der Waals surface area contributed by atoms with Crippen molar-refractivity contribution >= 4 is 34.5 Å². The van der Waals surface area contributed by atoms with E-state index >= 15 is 0 Å². The van der Waals surface area contributed by atoms with Crippen LogP contribution >= 0.6 is 11.8 Å². The Balaban J connectivity index is 1.49. The smallest absolute Gasteiger partial charge is 0.0532 e. The monoisotopic (exact) mass is 381 g/mol. The molecular weight excluding hydrogens is 362 g/mol. The third-order valence-corrected chi connectivity index (χ3v) is 6.09. The van der Waals surface area contributed by atoms with Crippen LogP contribution < -0.4 is 16.8 Å². The molecule has 0 bridgehead atoms. The van der Waals surface area contributed by atoms with Crippen molar-refractivity contribution in [1.29, 1.82) is 0 Å². The summed E-state index contributed by atoms with van der Waals surface area (Å²) in [6.07, 6.45) is 0. The minimum absolute atomic E-state index is 0.777. The van der Waals surface area contributed by atoms with Crippen LogP contribution in [0.25, 0.3) is 22.3 Å². The zero-order chi connectivity index (χ0) is 19.1. The summed E-state index contributed by atoms with van der Waals surface area (Å²) in [6.45, 7) is 0. The molecule has 1 aliphatic rings. The lowest BCUT2D eigenvalue weighted by atomic mass is 10.0. The number of benzene rings is 4. The van der Waals surface area contributed by atoms with Crippen LogP contribution in [0.2, 0.25) is 0 Å². The van der Waals surface area contributed by atoms with Gasteiger partial charge in [-0.25, -0.2) is 0 Å². The van der Waals surface area contributed by atoms with E-state index in [1.807, 2.05) is 24.3 Å². The summed E-state index contributed by atoms with van der Waals surface area (Å²) in [6, 6.07) is 29.0. The van der Waals surface area contributed by atoms with E-state index in [4.69, 9.17) is 11.5 Å². The Morgan fingerprint density at radius 2 is 0.893 bits per heavy atom. The Hall–Kier alpha value is -3.37. The lowest BCUT2D eigenvalue weighted by molar-refractivity contribution is 1.31. The fourth-order valence-corrected chi connectivity index (χ4v) is 4.36. The maximum Gasteiger partial charge on any atom is 0.0532 e. The number of hydrogen-bond donors (Lipinski definition) is 3. The Kier molecular flexibility index (Phi) is 3.99. The molecular formula is C24H19N3S. The highest BCUT2D eigenvalue weighted by Gasteiger charge is 2.17. The van der Waals surface area contributed by atoms with E-state index in [0.717, 1.165) is 33.9 Å². The van der Waals surface area contributed by atoms with Gasteiger partial charge in [0.25, 0.3) is 0 Å². The second-order valence-electron chi connectivity index (χ2n) is 6.89. The quantitative estimate of drug-likeness (QED) is 0.310. The predicted octanol–water partition coefficient (Wildman–Crippen LogP) is 6.39. The molecule has 136 valence electrons. The van der Waals surface area contributed by atoms with Gasteiger partial charge in [0.05, 0.1) is 11.4 Å². The first kappa shape index (κ1) is 16.8. The van der Waals surface area contributed by atoms with E-state index in [-0.39, 0.29) is 0 Å². The van der Waals surface area contributed by atoms with Gasteiger partial charge in [-0.3, -0.25) is 0 Å². The number of fused-ring (bicyclic) bond motifs is 2. The van der Waals surface area contributed by atoms with Gasteiger partial charge >= 0.3 is 0 Å². The maximum absolute atomic E-state index is 5.82. The molecule has 1 heterocycles. The van der Waals surface area contributed by atoms with Crippen LogP contribution in [0.15, 0.2) is 94.7 Å². The molecule has 28 heavy (non-hydrogen) atoms. The van der Waals surface area contributed by atoms with Gasteiger partial charge in [0.1, 0.15) is 0 Å². The SMILES string of the molecule is Nc1ccc(-c2ccc3c(c2)Nc2cc(-c4ccc(N)cc4)ccc2S3)cc1. The molecule has 4 aromatic rings. The van der Waals surface area contributed by atoms with E-state index in [0.29, 0.717) is 0 Å². The topological polar surface area (TPSA) is 64.1 Å². The number of nitrogens with one attached hydrogen (secondary N) is 1. The van der Waals surface area contributed by atoms with E-state index in [2.05, 4.69) is 66.0 Å². The van der Waals surface area contributed by atoms with E-state index in [1.165, 1.54) is 20.9 Å². The van der Waals surface area contributed by atoms with Gasteiger partial charge in [-0.15, -0.1) is 0 Å². The van der Waals surface area contributed by atoms with Crippen LogP contribution in [0.4, 0.5) is 22.7 Å². The number of nitrogen functional groups attached to an aromatic ring is 2. The third kappa shape index (κ3) is 3.08. The average molecular weight is 382 g/mol. The van der Waals surface area contributed by atoms with Crippen molar-refractivity contribution < 1.29 is 0 Å². The summed E-state index contributed by atoms with van der Waals surface area (Å²) >= 11 is 1.79. The molecule has 4 aromatic carbocycles. The van der Waals surface area contributed by atoms with Crippen LogP contribution in [0.3, 0.4) is 0 Å². The first-order valence-electron chi connectivity index (χ1n) is 9.10. The Morgan fingerprint density at radius 3 is 1.32 bits per heavy atom. The molecule has 0 saturated heterocycles. The first-order chi connectivity index (χ1) is 13.7. The number of hydrogen-bond acceptors (Lipinski definition) is 4. The van der Waals surface area contributed by atoms with Crippen LogP contribution in [-0.4, -0.2) is 0 Å². The highest BCUT2D eigenvalue weighted by molar-refractivity contribution is 7.99. The van der Waals surface area contributed by atoms with Gasteiger partial charge in [0.2, 0.25) is 0 Å². The van der Waals surface area contributed by atoms with Crippen LogP contribution in [0.5, 0.6) is 0 Å².